The van der Waals surface area contributed by atoms with E-state index in [1.54, 1.807) is 6.92 Å². The van der Waals surface area contributed by atoms with E-state index in [1.165, 1.54) is 12.0 Å². The van der Waals surface area contributed by atoms with E-state index >= 15 is 0 Å². The molecular formula is C21H23NO4. The number of carbonyl (C=O) groups excluding carboxylic acids is 1. The van der Waals surface area contributed by atoms with Gasteiger partial charge < -0.3 is 14.5 Å². The van der Waals surface area contributed by atoms with Gasteiger partial charge >= 0.3 is 5.63 Å². The van der Waals surface area contributed by atoms with E-state index in [4.69, 9.17) is 9.15 Å². The molecule has 0 spiro atoms. The zero-order valence-electron chi connectivity index (χ0n) is 14.9. The average molecular weight is 353 g/mol. The molecule has 0 bridgehead atoms. The first-order valence-corrected chi connectivity index (χ1v) is 9.29. The van der Waals surface area contributed by atoms with Crippen molar-refractivity contribution in [3.63, 3.8) is 0 Å². The van der Waals surface area contributed by atoms with Crippen molar-refractivity contribution in [2.24, 2.45) is 0 Å². The lowest BCUT2D eigenvalue weighted by molar-refractivity contribution is 0.0913. The van der Waals surface area contributed by atoms with Crippen LogP contribution in [0.5, 0.6) is 5.75 Å². The van der Waals surface area contributed by atoms with Gasteiger partial charge in [0.15, 0.2) is 0 Å². The molecule has 2 aliphatic rings. The normalized spacial score (nSPS) is 19.2. The fourth-order valence-electron chi connectivity index (χ4n) is 3.62. The number of benzene rings is 1. The van der Waals surface area contributed by atoms with Crippen molar-refractivity contribution >= 4 is 5.91 Å². The van der Waals surface area contributed by atoms with Crippen molar-refractivity contribution < 1.29 is 13.9 Å². The molecule has 4 rings (SSSR count). The summed E-state index contributed by atoms with van der Waals surface area (Å²) >= 11 is 0. The molecule has 5 heteroatoms. The molecule has 1 aliphatic heterocycles. The summed E-state index contributed by atoms with van der Waals surface area (Å²) in [5.74, 6) is 1.52. The van der Waals surface area contributed by atoms with E-state index < -0.39 is 5.63 Å². The Morgan fingerprint density at radius 3 is 2.77 bits per heavy atom. The minimum Gasteiger partial charge on any atom is -0.488 e. The van der Waals surface area contributed by atoms with Crippen LogP contribution >= 0.6 is 0 Å². The van der Waals surface area contributed by atoms with Crippen LogP contribution in [0.2, 0.25) is 0 Å². The van der Waals surface area contributed by atoms with Gasteiger partial charge in [-0.05, 0) is 55.9 Å². The van der Waals surface area contributed by atoms with Crippen molar-refractivity contribution in [1.82, 2.24) is 5.32 Å². The van der Waals surface area contributed by atoms with Crippen LogP contribution in [0.25, 0.3) is 0 Å². The Morgan fingerprint density at radius 1 is 1.23 bits per heavy atom. The van der Waals surface area contributed by atoms with Gasteiger partial charge in [0.2, 0.25) is 0 Å². The van der Waals surface area contributed by atoms with E-state index in [0.717, 1.165) is 31.4 Å². The molecule has 2 aromatic rings. The van der Waals surface area contributed by atoms with Crippen LogP contribution in [-0.4, -0.2) is 18.6 Å². The van der Waals surface area contributed by atoms with Crippen LogP contribution < -0.4 is 15.7 Å². The highest BCUT2D eigenvalue weighted by Crippen LogP contribution is 2.36. The molecule has 5 nitrogen and oxygen atoms in total. The Morgan fingerprint density at radius 2 is 2.04 bits per heavy atom. The lowest BCUT2D eigenvalue weighted by Gasteiger charge is -2.26. The first-order valence-electron chi connectivity index (χ1n) is 9.29. The number of fused-ring (bicyclic) bond motifs is 1. The first kappa shape index (κ1) is 16.9. The number of hydrogen-bond donors (Lipinski definition) is 1. The van der Waals surface area contributed by atoms with E-state index in [2.05, 4.69) is 11.4 Å². The van der Waals surface area contributed by atoms with Crippen molar-refractivity contribution in [2.75, 3.05) is 6.54 Å². The van der Waals surface area contributed by atoms with Gasteiger partial charge in [0.05, 0.1) is 6.54 Å². The highest BCUT2D eigenvalue weighted by atomic mass is 16.5. The standard InChI is InChI=1S/C21H23NO4/c1-13-11-18(14-6-4-7-14)26-21(24)19(13)20(23)22-12-16-10-9-15-5-2-3-8-17(15)25-16/h2-3,5,8,11,14,16H,4,6-7,9-10,12H2,1H3,(H,22,23)/t16-/m1/s1. The monoisotopic (exact) mass is 353 g/mol. The Kier molecular flexibility index (Phi) is 4.53. The second-order valence-electron chi connectivity index (χ2n) is 7.22. The molecule has 1 aliphatic carbocycles. The number of nitrogens with one attached hydrogen (secondary N) is 1. The molecule has 0 unspecified atom stereocenters. The van der Waals surface area contributed by atoms with Crippen LogP contribution in [0, 0.1) is 6.92 Å². The third kappa shape index (κ3) is 3.26. The van der Waals surface area contributed by atoms with E-state index in [9.17, 15) is 9.59 Å². The summed E-state index contributed by atoms with van der Waals surface area (Å²) in [7, 11) is 0. The summed E-state index contributed by atoms with van der Waals surface area (Å²) in [5.41, 5.74) is 1.43. The smallest absolute Gasteiger partial charge is 0.349 e. The Hall–Kier alpha value is -2.56. The fourth-order valence-corrected chi connectivity index (χ4v) is 3.62. The van der Waals surface area contributed by atoms with Gasteiger partial charge in [-0.25, -0.2) is 4.79 Å². The van der Waals surface area contributed by atoms with Crippen LogP contribution in [0.1, 0.15) is 58.8 Å². The second-order valence-corrected chi connectivity index (χ2v) is 7.22. The van der Waals surface area contributed by atoms with E-state index in [0.29, 0.717) is 23.8 Å². The second kappa shape index (κ2) is 6.98. The van der Waals surface area contributed by atoms with E-state index in [1.807, 2.05) is 24.3 Å². The molecule has 1 fully saturated rings. The summed E-state index contributed by atoms with van der Waals surface area (Å²) in [6, 6.07) is 9.79. The van der Waals surface area contributed by atoms with Crippen molar-refractivity contribution in [3.05, 3.63) is 63.2 Å². The van der Waals surface area contributed by atoms with Crippen LogP contribution in [0.3, 0.4) is 0 Å². The molecule has 136 valence electrons. The van der Waals surface area contributed by atoms with Gasteiger partial charge in [0, 0.05) is 5.92 Å². The largest absolute Gasteiger partial charge is 0.488 e. The highest BCUT2D eigenvalue weighted by Gasteiger charge is 2.26. The predicted molar refractivity (Wildman–Crippen MR) is 97.8 cm³/mol. The summed E-state index contributed by atoms with van der Waals surface area (Å²) in [6.45, 7) is 2.16. The summed E-state index contributed by atoms with van der Waals surface area (Å²) < 4.78 is 11.3. The average Bonchev–Trinajstić information content (AvgIpc) is 2.57. The third-order valence-electron chi connectivity index (χ3n) is 5.39. The molecule has 26 heavy (non-hydrogen) atoms. The number of para-hydroxylation sites is 1. The molecular weight excluding hydrogens is 330 g/mol. The summed E-state index contributed by atoms with van der Waals surface area (Å²) in [5, 5.41) is 2.83. The predicted octanol–water partition coefficient (Wildman–Crippen LogP) is 3.34. The molecule has 1 amide bonds. The molecule has 0 radical (unpaired) electrons. The molecule has 2 heterocycles. The molecule has 1 saturated carbocycles. The molecule has 1 aromatic carbocycles. The van der Waals surface area contributed by atoms with Gasteiger partial charge in [0.1, 0.15) is 23.2 Å². The topological polar surface area (TPSA) is 68.5 Å². The maximum atomic E-state index is 12.5. The van der Waals surface area contributed by atoms with Crippen LogP contribution in [-0.2, 0) is 6.42 Å². The molecule has 1 atom stereocenters. The Balaban J connectivity index is 1.42. The van der Waals surface area contributed by atoms with Crippen molar-refractivity contribution in [1.29, 1.82) is 0 Å². The van der Waals surface area contributed by atoms with Crippen molar-refractivity contribution in [3.8, 4) is 5.75 Å². The zero-order chi connectivity index (χ0) is 18.1. The Bertz CT molecular complexity index is 882. The third-order valence-corrected chi connectivity index (χ3v) is 5.39. The lowest BCUT2D eigenvalue weighted by atomic mass is 9.83. The highest BCUT2D eigenvalue weighted by molar-refractivity contribution is 5.95. The molecule has 0 saturated heterocycles. The number of aryl methyl sites for hydroxylation is 2. The van der Waals surface area contributed by atoms with Crippen LogP contribution in [0.4, 0.5) is 0 Å². The molecule has 1 N–H and O–H groups in total. The van der Waals surface area contributed by atoms with Gasteiger partial charge in [-0.2, -0.15) is 0 Å². The SMILES string of the molecule is Cc1cc(C2CCC2)oc(=O)c1C(=O)NC[C@H]1CCc2ccccc2O1. The number of rotatable bonds is 4. The maximum absolute atomic E-state index is 12.5. The van der Waals surface area contributed by atoms with Gasteiger partial charge in [-0.1, -0.05) is 24.6 Å². The summed E-state index contributed by atoms with van der Waals surface area (Å²) in [6.07, 6.45) is 4.94. The number of carbonyl (C=O) groups is 1. The minimum atomic E-state index is -0.542. The minimum absolute atomic E-state index is 0.0875. The quantitative estimate of drug-likeness (QED) is 0.915. The number of amides is 1. The fraction of sp³-hybridized carbons (Fsp3) is 0.429. The molecule has 1 aromatic heterocycles. The van der Waals surface area contributed by atoms with Gasteiger partial charge in [-0.15, -0.1) is 0 Å². The summed E-state index contributed by atoms with van der Waals surface area (Å²) in [4.78, 5) is 24.8. The lowest BCUT2D eigenvalue weighted by Crippen LogP contribution is -2.39. The Labute approximate surface area is 152 Å². The first-order chi connectivity index (χ1) is 12.6. The van der Waals surface area contributed by atoms with Gasteiger partial charge in [-0.3, -0.25) is 4.79 Å². The zero-order valence-corrected chi connectivity index (χ0v) is 14.9. The number of hydrogen-bond acceptors (Lipinski definition) is 4. The van der Waals surface area contributed by atoms with Crippen molar-refractivity contribution in [2.45, 2.75) is 51.0 Å². The van der Waals surface area contributed by atoms with Gasteiger partial charge in [0.25, 0.3) is 5.91 Å². The van der Waals surface area contributed by atoms with Crippen LogP contribution in [0.15, 0.2) is 39.5 Å². The maximum Gasteiger partial charge on any atom is 0.349 e. The number of ether oxygens (including phenoxy) is 1. The van der Waals surface area contributed by atoms with E-state index in [-0.39, 0.29) is 17.6 Å².